The molecule has 0 bridgehead atoms. The maximum absolute atomic E-state index is 11.5. The summed E-state index contributed by atoms with van der Waals surface area (Å²) in [6, 6.07) is 6.16. The van der Waals surface area contributed by atoms with E-state index < -0.39 is 0 Å². The third kappa shape index (κ3) is 2.11. The zero-order valence-corrected chi connectivity index (χ0v) is 11.5. The van der Waals surface area contributed by atoms with Gasteiger partial charge in [0, 0.05) is 32.1 Å². The highest BCUT2D eigenvalue weighted by molar-refractivity contribution is 5.73. The standard InChI is InChI=1S/C15H19N3O/c1-11-14-7-3-4-9-18(14)15(16-11)13-6-5-8-17(10-13)12(2)19/h3-4,7,9,13H,5-6,8,10H2,1-2H3. The van der Waals surface area contributed by atoms with Crippen LogP contribution in [-0.4, -0.2) is 33.3 Å². The number of carbonyl (C=O) groups is 1. The molecule has 1 fully saturated rings. The van der Waals surface area contributed by atoms with Gasteiger partial charge in [-0.25, -0.2) is 4.98 Å². The summed E-state index contributed by atoms with van der Waals surface area (Å²) in [7, 11) is 0. The molecule has 2 aromatic heterocycles. The van der Waals surface area contributed by atoms with Crippen LogP contribution in [-0.2, 0) is 4.79 Å². The smallest absolute Gasteiger partial charge is 0.219 e. The van der Waals surface area contributed by atoms with E-state index in [1.54, 1.807) is 6.92 Å². The molecule has 1 aliphatic rings. The Labute approximate surface area is 113 Å². The number of aromatic nitrogens is 2. The molecular formula is C15H19N3O. The molecule has 0 saturated carbocycles. The first-order valence-electron chi connectivity index (χ1n) is 6.86. The quantitative estimate of drug-likeness (QED) is 0.786. The Kier molecular flexibility index (Phi) is 3.01. The molecule has 1 atom stereocenters. The number of amides is 1. The van der Waals surface area contributed by atoms with Crippen molar-refractivity contribution in [1.29, 1.82) is 0 Å². The van der Waals surface area contributed by atoms with Gasteiger partial charge in [0.25, 0.3) is 0 Å². The molecule has 0 radical (unpaired) electrons. The fourth-order valence-corrected chi connectivity index (χ4v) is 2.98. The highest BCUT2D eigenvalue weighted by Gasteiger charge is 2.26. The largest absolute Gasteiger partial charge is 0.342 e. The molecule has 0 aliphatic carbocycles. The zero-order valence-electron chi connectivity index (χ0n) is 11.5. The molecule has 100 valence electrons. The molecule has 4 heteroatoms. The van der Waals surface area contributed by atoms with E-state index >= 15 is 0 Å². The predicted molar refractivity (Wildman–Crippen MR) is 74.2 cm³/mol. The van der Waals surface area contributed by atoms with Crippen LogP contribution in [0.15, 0.2) is 24.4 Å². The lowest BCUT2D eigenvalue weighted by atomic mass is 9.97. The van der Waals surface area contributed by atoms with E-state index in [1.165, 1.54) is 0 Å². The molecule has 1 unspecified atom stereocenters. The maximum Gasteiger partial charge on any atom is 0.219 e. The topological polar surface area (TPSA) is 37.6 Å². The van der Waals surface area contributed by atoms with Crippen LogP contribution in [0.3, 0.4) is 0 Å². The molecule has 1 aliphatic heterocycles. The summed E-state index contributed by atoms with van der Waals surface area (Å²) in [5.41, 5.74) is 2.23. The Morgan fingerprint density at radius 2 is 2.26 bits per heavy atom. The summed E-state index contributed by atoms with van der Waals surface area (Å²) < 4.78 is 2.17. The van der Waals surface area contributed by atoms with Crippen LogP contribution in [0.25, 0.3) is 5.52 Å². The van der Waals surface area contributed by atoms with Crippen LogP contribution in [0.2, 0.25) is 0 Å². The van der Waals surface area contributed by atoms with E-state index in [2.05, 4.69) is 16.7 Å². The molecule has 0 aromatic carbocycles. The van der Waals surface area contributed by atoms with Crippen molar-refractivity contribution in [3.8, 4) is 0 Å². The number of nitrogens with zero attached hydrogens (tertiary/aromatic N) is 3. The van der Waals surface area contributed by atoms with E-state index in [0.29, 0.717) is 5.92 Å². The van der Waals surface area contributed by atoms with Gasteiger partial charge in [0.15, 0.2) is 0 Å². The Hall–Kier alpha value is -1.84. The average Bonchev–Trinajstić information content (AvgIpc) is 2.77. The van der Waals surface area contributed by atoms with Crippen LogP contribution in [0, 0.1) is 6.92 Å². The SMILES string of the molecule is CC(=O)N1CCCC(c2nc(C)c3ccccn23)C1. The van der Waals surface area contributed by atoms with Crippen molar-refractivity contribution in [2.45, 2.75) is 32.6 Å². The molecule has 0 N–H and O–H groups in total. The molecule has 3 rings (SSSR count). The van der Waals surface area contributed by atoms with Crippen LogP contribution < -0.4 is 0 Å². The Morgan fingerprint density at radius 3 is 3.05 bits per heavy atom. The number of aryl methyl sites for hydroxylation is 1. The van der Waals surface area contributed by atoms with Crippen LogP contribution >= 0.6 is 0 Å². The number of imidazole rings is 1. The minimum Gasteiger partial charge on any atom is -0.342 e. The van der Waals surface area contributed by atoms with Gasteiger partial charge in [0.05, 0.1) is 11.2 Å². The van der Waals surface area contributed by atoms with Crippen molar-refractivity contribution >= 4 is 11.4 Å². The van der Waals surface area contributed by atoms with Crippen molar-refractivity contribution in [1.82, 2.24) is 14.3 Å². The lowest BCUT2D eigenvalue weighted by Crippen LogP contribution is -2.38. The van der Waals surface area contributed by atoms with Gasteiger partial charge in [-0.1, -0.05) is 6.07 Å². The second-order valence-corrected chi connectivity index (χ2v) is 5.32. The van der Waals surface area contributed by atoms with Gasteiger partial charge in [-0.3, -0.25) is 4.79 Å². The van der Waals surface area contributed by atoms with Gasteiger partial charge in [-0.05, 0) is 31.9 Å². The molecular weight excluding hydrogens is 238 g/mol. The number of likely N-dealkylation sites (tertiary alicyclic amines) is 1. The number of hydrogen-bond acceptors (Lipinski definition) is 2. The molecule has 1 saturated heterocycles. The number of piperidine rings is 1. The van der Waals surface area contributed by atoms with Gasteiger partial charge in [-0.15, -0.1) is 0 Å². The van der Waals surface area contributed by atoms with Crippen LogP contribution in [0.5, 0.6) is 0 Å². The van der Waals surface area contributed by atoms with Crippen molar-refractivity contribution in [2.75, 3.05) is 13.1 Å². The van der Waals surface area contributed by atoms with Crippen LogP contribution in [0.4, 0.5) is 0 Å². The zero-order chi connectivity index (χ0) is 13.4. The number of hydrogen-bond donors (Lipinski definition) is 0. The highest BCUT2D eigenvalue weighted by Crippen LogP contribution is 2.27. The summed E-state index contributed by atoms with van der Waals surface area (Å²) in [6.45, 7) is 5.37. The third-order valence-electron chi connectivity index (χ3n) is 3.99. The predicted octanol–water partition coefficient (Wildman–Crippen LogP) is 2.37. The van der Waals surface area contributed by atoms with Gasteiger partial charge in [0.1, 0.15) is 5.82 Å². The van der Waals surface area contributed by atoms with E-state index in [1.807, 2.05) is 24.0 Å². The van der Waals surface area contributed by atoms with Crippen molar-refractivity contribution in [3.05, 3.63) is 35.9 Å². The molecule has 19 heavy (non-hydrogen) atoms. The number of rotatable bonds is 1. The first-order chi connectivity index (χ1) is 9.16. The van der Waals surface area contributed by atoms with E-state index in [4.69, 9.17) is 4.98 Å². The molecule has 3 heterocycles. The minimum absolute atomic E-state index is 0.169. The highest BCUT2D eigenvalue weighted by atomic mass is 16.2. The first kappa shape index (κ1) is 12.2. The third-order valence-corrected chi connectivity index (χ3v) is 3.99. The number of fused-ring (bicyclic) bond motifs is 1. The Balaban J connectivity index is 1.98. The minimum atomic E-state index is 0.169. The second-order valence-electron chi connectivity index (χ2n) is 5.32. The lowest BCUT2D eigenvalue weighted by molar-refractivity contribution is -0.130. The second kappa shape index (κ2) is 4.68. The first-order valence-corrected chi connectivity index (χ1v) is 6.86. The summed E-state index contributed by atoms with van der Waals surface area (Å²) in [6.07, 6.45) is 4.24. The van der Waals surface area contributed by atoms with E-state index in [9.17, 15) is 4.79 Å². The average molecular weight is 257 g/mol. The summed E-state index contributed by atoms with van der Waals surface area (Å²) in [5, 5.41) is 0. The van der Waals surface area contributed by atoms with Crippen LogP contribution in [0.1, 0.15) is 37.2 Å². The number of carbonyl (C=O) groups excluding carboxylic acids is 1. The van der Waals surface area contributed by atoms with Gasteiger partial charge in [-0.2, -0.15) is 0 Å². The van der Waals surface area contributed by atoms with Crippen molar-refractivity contribution < 1.29 is 4.79 Å². The monoisotopic (exact) mass is 257 g/mol. The van der Waals surface area contributed by atoms with Gasteiger partial charge in [0.2, 0.25) is 5.91 Å². The summed E-state index contributed by atoms with van der Waals surface area (Å²) in [5.74, 6) is 1.61. The number of pyridine rings is 1. The fraction of sp³-hybridized carbons (Fsp3) is 0.467. The fourth-order valence-electron chi connectivity index (χ4n) is 2.98. The molecule has 0 spiro atoms. The molecule has 2 aromatic rings. The van der Waals surface area contributed by atoms with Gasteiger partial charge >= 0.3 is 0 Å². The summed E-state index contributed by atoms with van der Waals surface area (Å²) in [4.78, 5) is 18.2. The molecule has 4 nitrogen and oxygen atoms in total. The summed E-state index contributed by atoms with van der Waals surface area (Å²) >= 11 is 0. The Morgan fingerprint density at radius 1 is 1.42 bits per heavy atom. The van der Waals surface area contributed by atoms with Gasteiger partial charge < -0.3 is 9.30 Å². The normalized spacial score (nSPS) is 19.9. The maximum atomic E-state index is 11.5. The van der Waals surface area contributed by atoms with E-state index in [0.717, 1.165) is 43.0 Å². The van der Waals surface area contributed by atoms with Crippen molar-refractivity contribution in [2.24, 2.45) is 0 Å². The van der Waals surface area contributed by atoms with E-state index in [-0.39, 0.29) is 5.91 Å². The Bertz CT molecular complexity index is 617. The lowest BCUT2D eigenvalue weighted by Gasteiger charge is -2.31. The van der Waals surface area contributed by atoms with Crippen molar-refractivity contribution in [3.63, 3.8) is 0 Å². The molecule has 1 amide bonds.